The maximum Gasteiger partial charge on any atom is 0.328 e. The van der Waals surface area contributed by atoms with Crippen molar-refractivity contribution in [1.82, 2.24) is 14.9 Å². The topological polar surface area (TPSA) is 78.3 Å². The summed E-state index contributed by atoms with van der Waals surface area (Å²) in [4.78, 5) is 21.5. The Morgan fingerprint density at radius 3 is 3.08 bits per heavy atom. The molecule has 3 heterocycles. The number of aromatic nitrogens is 2. The van der Waals surface area contributed by atoms with Gasteiger partial charge in [0.15, 0.2) is 0 Å². The summed E-state index contributed by atoms with van der Waals surface area (Å²) in [5.74, 6) is -0.267. The molecule has 3 rings (SSSR count). The van der Waals surface area contributed by atoms with E-state index in [0.29, 0.717) is 11.7 Å². The number of hydrogen-bond donors (Lipinski definition) is 2. The predicted molar refractivity (Wildman–Crippen MR) is 94.9 cm³/mol. The summed E-state index contributed by atoms with van der Waals surface area (Å²) in [7, 11) is 0. The van der Waals surface area contributed by atoms with Gasteiger partial charge in [0, 0.05) is 25.2 Å². The van der Waals surface area contributed by atoms with E-state index in [1.807, 2.05) is 0 Å². The number of likely N-dealkylation sites (tertiary alicyclic amines) is 1. The molecule has 0 unspecified atom stereocenters. The highest BCUT2D eigenvalue weighted by Gasteiger charge is 2.20. The van der Waals surface area contributed by atoms with E-state index in [1.165, 1.54) is 11.6 Å². The van der Waals surface area contributed by atoms with Gasteiger partial charge in [-0.3, -0.25) is 9.88 Å². The van der Waals surface area contributed by atoms with Gasteiger partial charge in [-0.1, -0.05) is 0 Å². The van der Waals surface area contributed by atoms with Crippen molar-refractivity contribution in [1.29, 1.82) is 0 Å². The van der Waals surface area contributed by atoms with Gasteiger partial charge < -0.3 is 10.4 Å². The monoisotopic (exact) mass is 344 g/mol. The molecule has 0 saturated carbocycles. The average Bonchev–Trinajstić information content (AvgIpc) is 3.07. The molecule has 0 bridgehead atoms. The fourth-order valence-corrected chi connectivity index (χ4v) is 3.48. The number of piperidine rings is 1. The zero-order chi connectivity index (χ0) is 16.8. The summed E-state index contributed by atoms with van der Waals surface area (Å²) >= 11 is 1.74. The van der Waals surface area contributed by atoms with Crippen LogP contribution in [0, 0.1) is 0 Å². The van der Waals surface area contributed by atoms with Gasteiger partial charge in [-0.15, -0.1) is 0 Å². The third-order valence-corrected chi connectivity index (χ3v) is 4.64. The largest absolute Gasteiger partial charge is 0.478 e. The second-order valence-corrected chi connectivity index (χ2v) is 6.63. The first kappa shape index (κ1) is 16.6. The van der Waals surface area contributed by atoms with Crippen LogP contribution in [-0.2, 0) is 11.3 Å². The molecule has 0 aliphatic carbocycles. The lowest BCUT2D eigenvalue weighted by molar-refractivity contribution is -0.131. The van der Waals surface area contributed by atoms with Crippen LogP contribution in [0.1, 0.15) is 24.1 Å². The van der Waals surface area contributed by atoms with E-state index in [1.54, 1.807) is 23.7 Å². The molecule has 126 valence electrons. The Balaban J connectivity index is 1.54. The van der Waals surface area contributed by atoms with Crippen molar-refractivity contribution in [3.63, 3.8) is 0 Å². The van der Waals surface area contributed by atoms with E-state index in [4.69, 9.17) is 5.11 Å². The molecular weight excluding hydrogens is 324 g/mol. The van der Waals surface area contributed by atoms with Gasteiger partial charge in [-0.25, -0.2) is 9.78 Å². The Morgan fingerprint density at radius 1 is 1.46 bits per heavy atom. The molecule has 1 fully saturated rings. The lowest BCUT2D eigenvalue weighted by atomic mass is 10.1. The highest BCUT2D eigenvalue weighted by Crippen LogP contribution is 2.17. The molecule has 1 saturated heterocycles. The average molecular weight is 344 g/mol. The lowest BCUT2D eigenvalue weighted by Gasteiger charge is -2.33. The van der Waals surface area contributed by atoms with Crippen LogP contribution < -0.4 is 5.32 Å². The molecule has 2 aromatic rings. The van der Waals surface area contributed by atoms with Gasteiger partial charge in [-0.05, 0) is 47.9 Å². The standard InChI is InChI=1S/C17H20N4O2S/c22-17(23)4-3-14-8-19-16(9-18-14)20-15-2-1-6-21(11-15)10-13-5-7-24-12-13/h3-5,7-9,12,15H,1-2,6,10-11H2,(H,19,20)(H,22,23)/t15-/m1/s1. The van der Waals surface area contributed by atoms with Gasteiger partial charge in [0.1, 0.15) is 5.82 Å². The van der Waals surface area contributed by atoms with Crippen molar-refractivity contribution in [3.05, 3.63) is 46.6 Å². The van der Waals surface area contributed by atoms with Crippen LogP contribution in [0.4, 0.5) is 5.82 Å². The summed E-state index contributed by atoms with van der Waals surface area (Å²) in [5, 5.41) is 16.4. The van der Waals surface area contributed by atoms with Gasteiger partial charge in [0.05, 0.1) is 18.1 Å². The van der Waals surface area contributed by atoms with E-state index >= 15 is 0 Å². The van der Waals surface area contributed by atoms with E-state index in [-0.39, 0.29) is 0 Å². The van der Waals surface area contributed by atoms with Crippen LogP contribution in [0.15, 0.2) is 35.3 Å². The summed E-state index contributed by atoms with van der Waals surface area (Å²) in [6.45, 7) is 3.10. The first-order chi connectivity index (χ1) is 11.7. The molecule has 1 atom stereocenters. The molecule has 24 heavy (non-hydrogen) atoms. The van der Waals surface area contributed by atoms with E-state index < -0.39 is 5.97 Å². The fraction of sp³-hybridized carbons (Fsp3) is 0.353. The smallest absolute Gasteiger partial charge is 0.328 e. The first-order valence-corrected chi connectivity index (χ1v) is 8.86. The normalized spacial score (nSPS) is 18.8. The molecule has 0 spiro atoms. The summed E-state index contributed by atoms with van der Waals surface area (Å²) in [5.41, 5.74) is 1.90. The number of carbonyl (C=O) groups is 1. The molecule has 0 aromatic carbocycles. The number of hydrogen-bond acceptors (Lipinski definition) is 6. The van der Waals surface area contributed by atoms with E-state index in [0.717, 1.165) is 44.4 Å². The van der Waals surface area contributed by atoms with Gasteiger partial charge >= 0.3 is 5.97 Å². The van der Waals surface area contributed by atoms with Crippen LogP contribution in [-0.4, -0.2) is 45.1 Å². The van der Waals surface area contributed by atoms with Crippen molar-refractivity contribution in [3.8, 4) is 0 Å². The second-order valence-electron chi connectivity index (χ2n) is 5.85. The van der Waals surface area contributed by atoms with Gasteiger partial charge in [-0.2, -0.15) is 11.3 Å². The minimum absolute atomic E-state index is 0.354. The van der Waals surface area contributed by atoms with Crippen molar-refractivity contribution in [2.45, 2.75) is 25.4 Å². The zero-order valence-corrected chi connectivity index (χ0v) is 14.1. The Labute approximate surface area is 144 Å². The summed E-state index contributed by atoms with van der Waals surface area (Å²) in [6, 6.07) is 2.53. The molecule has 0 radical (unpaired) electrons. The molecule has 2 aromatic heterocycles. The number of carboxylic acid groups (broad SMARTS) is 1. The Morgan fingerprint density at radius 2 is 2.38 bits per heavy atom. The quantitative estimate of drug-likeness (QED) is 0.785. The third-order valence-electron chi connectivity index (χ3n) is 3.91. The maximum absolute atomic E-state index is 10.5. The summed E-state index contributed by atoms with van der Waals surface area (Å²) < 4.78 is 0. The number of anilines is 1. The Kier molecular flexibility index (Phi) is 5.55. The zero-order valence-electron chi connectivity index (χ0n) is 13.3. The highest BCUT2D eigenvalue weighted by molar-refractivity contribution is 7.07. The molecular formula is C17H20N4O2S. The SMILES string of the molecule is O=C(O)C=Cc1cnc(N[C@@H]2CCCN(Cc3ccsc3)C2)cn1. The Bertz CT molecular complexity index is 685. The van der Waals surface area contributed by atoms with Crippen molar-refractivity contribution >= 4 is 29.2 Å². The number of nitrogens with one attached hydrogen (secondary N) is 1. The molecule has 7 heteroatoms. The third kappa shape index (κ3) is 4.87. The van der Waals surface area contributed by atoms with E-state index in [9.17, 15) is 4.79 Å². The molecule has 1 aliphatic heterocycles. The number of nitrogens with zero attached hydrogens (tertiary/aromatic N) is 3. The van der Waals surface area contributed by atoms with Crippen LogP contribution in [0.2, 0.25) is 0 Å². The number of carboxylic acids is 1. The van der Waals surface area contributed by atoms with E-state index in [2.05, 4.69) is 37.0 Å². The van der Waals surface area contributed by atoms with Crippen LogP contribution in [0.25, 0.3) is 6.08 Å². The fourth-order valence-electron chi connectivity index (χ4n) is 2.82. The van der Waals surface area contributed by atoms with Crippen molar-refractivity contribution in [2.24, 2.45) is 0 Å². The number of rotatable bonds is 6. The molecule has 2 N–H and O–H groups in total. The maximum atomic E-state index is 10.5. The first-order valence-electron chi connectivity index (χ1n) is 7.92. The van der Waals surface area contributed by atoms with Crippen LogP contribution in [0.3, 0.4) is 0 Å². The van der Waals surface area contributed by atoms with Crippen molar-refractivity contribution < 1.29 is 9.90 Å². The Hall–Kier alpha value is -2.25. The second kappa shape index (κ2) is 8.03. The summed E-state index contributed by atoms with van der Waals surface area (Å²) in [6.07, 6.45) is 7.99. The number of aliphatic carboxylic acids is 1. The van der Waals surface area contributed by atoms with Gasteiger partial charge in [0.25, 0.3) is 0 Å². The van der Waals surface area contributed by atoms with Crippen LogP contribution in [0.5, 0.6) is 0 Å². The minimum atomic E-state index is -0.994. The lowest BCUT2D eigenvalue weighted by Crippen LogP contribution is -2.41. The number of thiophene rings is 1. The minimum Gasteiger partial charge on any atom is -0.478 e. The highest BCUT2D eigenvalue weighted by atomic mass is 32.1. The predicted octanol–water partition coefficient (Wildman–Crippen LogP) is 2.71. The van der Waals surface area contributed by atoms with Gasteiger partial charge in [0.2, 0.25) is 0 Å². The molecule has 0 amide bonds. The molecule has 1 aliphatic rings. The molecule has 6 nitrogen and oxygen atoms in total. The van der Waals surface area contributed by atoms with Crippen LogP contribution >= 0.6 is 11.3 Å². The van der Waals surface area contributed by atoms with Crippen molar-refractivity contribution in [2.75, 3.05) is 18.4 Å².